The highest BCUT2D eigenvalue weighted by molar-refractivity contribution is 7.89. The van der Waals surface area contributed by atoms with E-state index in [0.29, 0.717) is 0 Å². The maximum atomic E-state index is 12.6. The molecule has 2 aromatic rings. The highest BCUT2D eigenvalue weighted by Crippen LogP contribution is 2.27. The molecule has 0 fully saturated rings. The Morgan fingerprint density at radius 2 is 1.95 bits per heavy atom. The van der Waals surface area contributed by atoms with E-state index >= 15 is 0 Å². The van der Waals surface area contributed by atoms with Crippen LogP contribution >= 0.6 is 0 Å². The molecule has 7 nitrogen and oxygen atoms in total. The van der Waals surface area contributed by atoms with Gasteiger partial charge in [-0.3, -0.25) is 9.67 Å². The number of hydrogen-bond acceptors (Lipinski definition) is 5. The van der Waals surface area contributed by atoms with Gasteiger partial charge in [0, 0.05) is 38.7 Å². The van der Waals surface area contributed by atoms with Gasteiger partial charge in [-0.25, -0.2) is 8.42 Å². The predicted molar refractivity (Wildman–Crippen MR) is 75.2 cm³/mol. The zero-order valence-electron chi connectivity index (χ0n) is 11.6. The lowest BCUT2D eigenvalue weighted by atomic mass is 10.1. The van der Waals surface area contributed by atoms with Gasteiger partial charge in [0.1, 0.15) is 4.90 Å². The van der Waals surface area contributed by atoms with E-state index in [0.717, 1.165) is 5.56 Å². The number of sulfonamides is 1. The van der Waals surface area contributed by atoms with Gasteiger partial charge in [-0.05, 0) is 24.6 Å². The van der Waals surface area contributed by atoms with Crippen LogP contribution in [0.5, 0.6) is 0 Å². The molecule has 0 spiro atoms. The van der Waals surface area contributed by atoms with Gasteiger partial charge in [0.2, 0.25) is 10.0 Å². The number of hydrogen-bond donors (Lipinski definition) is 1. The molecule has 20 heavy (non-hydrogen) atoms. The highest BCUT2D eigenvalue weighted by Gasteiger charge is 2.29. The second-order valence-corrected chi connectivity index (χ2v) is 6.50. The maximum Gasteiger partial charge on any atom is 0.248 e. The van der Waals surface area contributed by atoms with Crippen LogP contribution < -0.4 is 5.73 Å². The lowest BCUT2D eigenvalue weighted by molar-refractivity contribution is 0.398. The number of pyridine rings is 1. The van der Waals surface area contributed by atoms with E-state index in [4.69, 9.17) is 5.73 Å². The smallest absolute Gasteiger partial charge is 0.248 e. The SMILES string of the molecule is CC(c1ccncc1)N(C)S(=O)(=O)c1cn(C)nc1N. The molecule has 0 radical (unpaired) electrons. The van der Waals surface area contributed by atoms with Gasteiger partial charge >= 0.3 is 0 Å². The van der Waals surface area contributed by atoms with Gasteiger partial charge in [0.05, 0.1) is 0 Å². The summed E-state index contributed by atoms with van der Waals surface area (Å²) in [5.41, 5.74) is 6.51. The number of rotatable bonds is 4. The third kappa shape index (κ3) is 2.52. The quantitative estimate of drug-likeness (QED) is 0.899. The molecule has 2 N–H and O–H groups in total. The summed E-state index contributed by atoms with van der Waals surface area (Å²) < 4.78 is 27.8. The monoisotopic (exact) mass is 295 g/mol. The van der Waals surface area contributed by atoms with Crippen molar-refractivity contribution in [2.45, 2.75) is 17.9 Å². The van der Waals surface area contributed by atoms with Crippen LogP contribution in [-0.2, 0) is 17.1 Å². The molecule has 0 bridgehead atoms. The van der Waals surface area contributed by atoms with Crippen LogP contribution in [0, 0.1) is 0 Å². The zero-order chi connectivity index (χ0) is 14.9. The minimum Gasteiger partial charge on any atom is -0.381 e. The Bertz CT molecular complexity index is 696. The van der Waals surface area contributed by atoms with Crippen molar-refractivity contribution in [1.29, 1.82) is 0 Å². The van der Waals surface area contributed by atoms with Crippen LogP contribution in [0.4, 0.5) is 5.82 Å². The van der Waals surface area contributed by atoms with Crippen molar-refractivity contribution in [2.75, 3.05) is 12.8 Å². The first-order valence-electron chi connectivity index (χ1n) is 6.01. The van der Waals surface area contributed by atoms with Gasteiger partial charge in [0.15, 0.2) is 5.82 Å². The van der Waals surface area contributed by atoms with Gasteiger partial charge in [0.25, 0.3) is 0 Å². The molecule has 8 heteroatoms. The van der Waals surface area contributed by atoms with E-state index in [9.17, 15) is 8.42 Å². The van der Waals surface area contributed by atoms with E-state index in [-0.39, 0.29) is 16.8 Å². The first kappa shape index (κ1) is 14.5. The lowest BCUT2D eigenvalue weighted by Crippen LogP contribution is -2.30. The van der Waals surface area contributed by atoms with Crippen molar-refractivity contribution in [3.05, 3.63) is 36.3 Å². The molecule has 0 aliphatic rings. The van der Waals surface area contributed by atoms with Gasteiger partial charge < -0.3 is 5.73 Å². The van der Waals surface area contributed by atoms with Gasteiger partial charge in [-0.15, -0.1) is 0 Å². The second-order valence-electron chi connectivity index (χ2n) is 4.53. The predicted octanol–water partition coefficient (Wildman–Crippen LogP) is 0.779. The molecule has 0 aromatic carbocycles. The average Bonchev–Trinajstić information content (AvgIpc) is 2.77. The van der Waals surface area contributed by atoms with E-state index in [1.165, 1.54) is 22.2 Å². The van der Waals surface area contributed by atoms with Gasteiger partial charge in [-0.1, -0.05) is 0 Å². The molecule has 0 saturated heterocycles. The van der Waals surface area contributed by atoms with E-state index in [2.05, 4.69) is 10.1 Å². The Hall–Kier alpha value is -1.93. The van der Waals surface area contributed by atoms with Crippen LogP contribution in [-0.4, -0.2) is 34.5 Å². The summed E-state index contributed by atoms with van der Waals surface area (Å²) in [5, 5.41) is 3.87. The molecule has 2 heterocycles. The number of nitrogen functional groups attached to an aromatic ring is 1. The van der Waals surface area contributed by atoms with Crippen LogP contribution in [0.1, 0.15) is 18.5 Å². The minimum absolute atomic E-state index is 0.00118. The fraction of sp³-hybridized carbons (Fsp3) is 0.333. The van der Waals surface area contributed by atoms with Crippen molar-refractivity contribution in [1.82, 2.24) is 19.1 Å². The molecule has 1 unspecified atom stereocenters. The molecule has 0 amide bonds. The Kier molecular flexibility index (Phi) is 3.78. The van der Waals surface area contributed by atoms with Crippen molar-refractivity contribution in [2.24, 2.45) is 7.05 Å². The summed E-state index contributed by atoms with van der Waals surface area (Å²) in [6.45, 7) is 1.81. The third-order valence-electron chi connectivity index (χ3n) is 3.21. The van der Waals surface area contributed by atoms with Gasteiger partial charge in [-0.2, -0.15) is 9.40 Å². The number of nitrogens with two attached hydrogens (primary N) is 1. The number of aryl methyl sites for hydroxylation is 1. The van der Waals surface area contributed by atoms with E-state index < -0.39 is 10.0 Å². The molecule has 0 saturated carbocycles. The molecule has 108 valence electrons. The standard InChI is InChI=1S/C12H17N5O2S/c1-9(10-4-6-14-7-5-10)17(3)20(18,19)11-8-16(2)15-12(11)13/h4-9H,1-3H3,(H2,13,15). The topological polar surface area (TPSA) is 94.1 Å². The maximum absolute atomic E-state index is 12.6. The largest absolute Gasteiger partial charge is 0.381 e. The number of anilines is 1. The number of aromatic nitrogens is 3. The fourth-order valence-corrected chi connectivity index (χ4v) is 3.34. The number of nitrogens with zero attached hydrogens (tertiary/aromatic N) is 4. The van der Waals surface area contributed by atoms with Crippen molar-refractivity contribution >= 4 is 15.8 Å². The Balaban J connectivity index is 2.37. The molecule has 0 aliphatic heterocycles. The Morgan fingerprint density at radius 3 is 2.45 bits per heavy atom. The molecule has 2 aromatic heterocycles. The minimum atomic E-state index is -3.69. The first-order valence-corrected chi connectivity index (χ1v) is 7.45. The van der Waals surface area contributed by atoms with Crippen LogP contribution in [0.3, 0.4) is 0 Å². The van der Waals surface area contributed by atoms with Crippen LogP contribution in [0.25, 0.3) is 0 Å². The molecular formula is C12H17N5O2S. The molecule has 0 aliphatic carbocycles. The molecule has 1 atom stereocenters. The molecule has 2 rings (SSSR count). The Labute approximate surface area is 118 Å². The summed E-state index contributed by atoms with van der Waals surface area (Å²) in [4.78, 5) is 3.94. The van der Waals surface area contributed by atoms with E-state index in [1.807, 2.05) is 0 Å². The summed E-state index contributed by atoms with van der Waals surface area (Å²) in [6, 6.07) is 3.23. The van der Waals surface area contributed by atoms with Crippen LogP contribution in [0.2, 0.25) is 0 Å². The summed E-state index contributed by atoms with van der Waals surface area (Å²) in [7, 11) is -0.544. The zero-order valence-corrected chi connectivity index (χ0v) is 12.4. The van der Waals surface area contributed by atoms with Crippen molar-refractivity contribution in [3.8, 4) is 0 Å². The highest BCUT2D eigenvalue weighted by atomic mass is 32.2. The summed E-state index contributed by atoms with van der Waals surface area (Å²) >= 11 is 0. The lowest BCUT2D eigenvalue weighted by Gasteiger charge is -2.24. The van der Waals surface area contributed by atoms with Crippen molar-refractivity contribution in [3.63, 3.8) is 0 Å². The van der Waals surface area contributed by atoms with E-state index in [1.54, 1.807) is 38.5 Å². The third-order valence-corrected chi connectivity index (χ3v) is 5.16. The first-order chi connectivity index (χ1) is 9.34. The summed E-state index contributed by atoms with van der Waals surface area (Å²) in [5.74, 6) is 0.00118. The summed E-state index contributed by atoms with van der Waals surface area (Å²) in [6.07, 6.45) is 4.66. The van der Waals surface area contributed by atoms with Crippen molar-refractivity contribution < 1.29 is 8.42 Å². The Morgan fingerprint density at radius 1 is 1.35 bits per heavy atom. The second kappa shape index (κ2) is 5.22. The normalized spacial score (nSPS) is 13.6. The molecular weight excluding hydrogens is 278 g/mol. The fourth-order valence-electron chi connectivity index (χ4n) is 1.90. The average molecular weight is 295 g/mol. The van der Waals surface area contributed by atoms with Crippen LogP contribution in [0.15, 0.2) is 35.6 Å².